The molecule has 0 N–H and O–H groups in total. The van der Waals surface area contributed by atoms with E-state index >= 15 is 0 Å². The van der Waals surface area contributed by atoms with Gasteiger partial charge in [-0.2, -0.15) is 0 Å². The Kier molecular flexibility index (Phi) is 3.96. The molecule has 1 aromatic carbocycles. The fourth-order valence-corrected chi connectivity index (χ4v) is 1.95. The lowest BCUT2D eigenvalue weighted by Gasteiger charge is -2.14. The molecular formula is C15H19ClO2. The summed E-state index contributed by atoms with van der Waals surface area (Å²) in [6.07, 6.45) is 1.99. The van der Waals surface area contributed by atoms with Gasteiger partial charge in [0.15, 0.2) is 5.78 Å². The normalized spacial score (nSPS) is 14.9. The van der Waals surface area contributed by atoms with Gasteiger partial charge in [0.25, 0.3) is 0 Å². The summed E-state index contributed by atoms with van der Waals surface area (Å²) >= 11 is 6.11. The van der Waals surface area contributed by atoms with Crippen LogP contribution < -0.4 is 4.74 Å². The van der Waals surface area contributed by atoms with Crippen LogP contribution in [0.2, 0.25) is 5.02 Å². The van der Waals surface area contributed by atoms with Gasteiger partial charge < -0.3 is 4.74 Å². The van der Waals surface area contributed by atoms with E-state index in [-0.39, 0.29) is 11.7 Å². The molecule has 0 spiro atoms. The minimum atomic E-state index is 0.177. The highest BCUT2D eigenvalue weighted by molar-refractivity contribution is 6.31. The molecule has 0 heterocycles. The maximum atomic E-state index is 12.2. The predicted octanol–water partition coefficient (Wildman–Crippen LogP) is 4.28. The van der Waals surface area contributed by atoms with Crippen LogP contribution in [0, 0.1) is 18.8 Å². The van der Waals surface area contributed by atoms with E-state index < -0.39 is 0 Å². The highest BCUT2D eigenvalue weighted by Crippen LogP contribution is 2.37. The first kappa shape index (κ1) is 13.4. The first-order chi connectivity index (χ1) is 8.49. The molecule has 18 heavy (non-hydrogen) atoms. The van der Waals surface area contributed by atoms with Crippen molar-refractivity contribution >= 4 is 17.4 Å². The van der Waals surface area contributed by atoms with Gasteiger partial charge in [-0.25, -0.2) is 0 Å². The molecule has 2 nitrogen and oxygen atoms in total. The highest BCUT2D eigenvalue weighted by Gasteiger charge is 2.32. The summed E-state index contributed by atoms with van der Waals surface area (Å²) in [4.78, 5) is 12.2. The van der Waals surface area contributed by atoms with Crippen LogP contribution in [0.1, 0.15) is 42.6 Å². The lowest BCUT2D eigenvalue weighted by Crippen LogP contribution is -2.10. The van der Waals surface area contributed by atoms with Crippen molar-refractivity contribution < 1.29 is 9.53 Å². The summed E-state index contributed by atoms with van der Waals surface area (Å²) in [5, 5.41) is 0.635. The molecule has 98 valence electrons. The number of carbonyl (C=O) groups is 1. The first-order valence-electron chi connectivity index (χ1n) is 6.46. The summed E-state index contributed by atoms with van der Waals surface area (Å²) in [6.45, 7) is 6.72. The molecule has 1 saturated carbocycles. The van der Waals surface area contributed by atoms with E-state index in [0.717, 1.165) is 18.4 Å². The topological polar surface area (TPSA) is 26.3 Å². The van der Waals surface area contributed by atoms with E-state index in [0.29, 0.717) is 28.9 Å². The minimum absolute atomic E-state index is 0.177. The fourth-order valence-electron chi connectivity index (χ4n) is 1.79. The average molecular weight is 267 g/mol. The minimum Gasteiger partial charge on any atom is -0.493 e. The van der Waals surface area contributed by atoms with E-state index in [2.05, 4.69) is 13.8 Å². The van der Waals surface area contributed by atoms with Crippen molar-refractivity contribution in [1.29, 1.82) is 0 Å². The molecule has 1 aromatic rings. The van der Waals surface area contributed by atoms with Gasteiger partial charge in [-0.05, 0) is 43.4 Å². The third-order valence-corrected chi connectivity index (χ3v) is 3.45. The summed E-state index contributed by atoms with van der Waals surface area (Å²) < 4.78 is 5.75. The van der Waals surface area contributed by atoms with Crippen molar-refractivity contribution in [2.45, 2.75) is 33.6 Å². The Morgan fingerprint density at radius 1 is 1.44 bits per heavy atom. The van der Waals surface area contributed by atoms with Crippen LogP contribution >= 0.6 is 11.6 Å². The molecule has 2 rings (SSSR count). The second-order valence-electron chi connectivity index (χ2n) is 5.44. The number of carbonyl (C=O) groups excluding carboxylic acids is 1. The molecule has 0 radical (unpaired) electrons. The molecule has 3 heteroatoms. The molecule has 0 aliphatic heterocycles. The van der Waals surface area contributed by atoms with Gasteiger partial charge >= 0.3 is 0 Å². The number of aryl methyl sites for hydroxylation is 1. The van der Waals surface area contributed by atoms with E-state index in [1.165, 1.54) is 0 Å². The number of Topliss-reactive ketones (excluding diaryl/α,β-unsaturated/α-hetero) is 1. The zero-order valence-corrected chi connectivity index (χ0v) is 11.9. The van der Waals surface area contributed by atoms with Crippen LogP contribution in [-0.2, 0) is 0 Å². The van der Waals surface area contributed by atoms with Gasteiger partial charge in [-0.3, -0.25) is 4.79 Å². The average Bonchev–Trinajstić information content (AvgIpc) is 3.13. The molecule has 1 fully saturated rings. The van der Waals surface area contributed by atoms with Crippen LogP contribution in [-0.4, -0.2) is 12.4 Å². The second-order valence-corrected chi connectivity index (χ2v) is 5.85. The van der Waals surface area contributed by atoms with Gasteiger partial charge in [0.2, 0.25) is 0 Å². The van der Waals surface area contributed by atoms with Gasteiger partial charge in [0, 0.05) is 10.9 Å². The van der Waals surface area contributed by atoms with E-state index in [1.54, 1.807) is 6.07 Å². The van der Waals surface area contributed by atoms with Gasteiger partial charge in [-0.1, -0.05) is 25.4 Å². The second kappa shape index (κ2) is 5.31. The Hall–Kier alpha value is -1.02. The number of halogens is 1. The van der Waals surface area contributed by atoms with Crippen LogP contribution in [0.3, 0.4) is 0 Å². The van der Waals surface area contributed by atoms with E-state index in [1.807, 2.05) is 13.0 Å². The Morgan fingerprint density at radius 2 is 2.11 bits per heavy atom. The van der Waals surface area contributed by atoms with Gasteiger partial charge in [0.05, 0.1) is 12.2 Å². The number of hydrogen-bond acceptors (Lipinski definition) is 2. The van der Waals surface area contributed by atoms with Crippen LogP contribution in [0.15, 0.2) is 12.1 Å². The Morgan fingerprint density at radius 3 is 2.67 bits per heavy atom. The standard InChI is InChI=1S/C15H19ClO2/c1-9(2)8-18-14-6-10(3)13(16)7-12(14)15(17)11-4-5-11/h6-7,9,11H,4-5,8H2,1-3H3. The summed E-state index contributed by atoms with van der Waals surface area (Å²) in [6, 6.07) is 3.63. The third-order valence-electron chi connectivity index (χ3n) is 3.05. The maximum Gasteiger partial charge on any atom is 0.169 e. The quantitative estimate of drug-likeness (QED) is 0.744. The molecule has 0 saturated heterocycles. The predicted molar refractivity (Wildman–Crippen MR) is 73.6 cm³/mol. The zero-order valence-electron chi connectivity index (χ0n) is 11.1. The van der Waals surface area contributed by atoms with Gasteiger partial charge in [0.1, 0.15) is 5.75 Å². The zero-order chi connectivity index (χ0) is 13.3. The number of benzene rings is 1. The number of ether oxygens (including phenoxy) is 1. The molecule has 0 aromatic heterocycles. The lowest BCUT2D eigenvalue weighted by molar-refractivity contribution is 0.0963. The molecule has 1 aliphatic rings. The van der Waals surface area contributed by atoms with E-state index in [4.69, 9.17) is 16.3 Å². The van der Waals surface area contributed by atoms with Gasteiger partial charge in [-0.15, -0.1) is 0 Å². The third kappa shape index (κ3) is 3.05. The molecule has 0 amide bonds. The largest absolute Gasteiger partial charge is 0.493 e. The maximum absolute atomic E-state index is 12.2. The Bertz CT molecular complexity index is 462. The SMILES string of the molecule is Cc1cc(OCC(C)C)c(C(=O)C2CC2)cc1Cl. The van der Waals surface area contributed by atoms with Crippen molar-refractivity contribution in [1.82, 2.24) is 0 Å². The van der Waals surface area contributed by atoms with Crippen LogP contribution in [0.4, 0.5) is 0 Å². The first-order valence-corrected chi connectivity index (χ1v) is 6.84. The van der Waals surface area contributed by atoms with E-state index in [9.17, 15) is 4.79 Å². The summed E-state index contributed by atoms with van der Waals surface area (Å²) in [7, 11) is 0. The number of rotatable bonds is 5. The number of ketones is 1. The van der Waals surface area contributed by atoms with Crippen LogP contribution in [0.5, 0.6) is 5.75 Å². The highest BCUT2D eigenvalue weighted by atomic mass is 35.5. The Balaban J connectivity index is 2.29. The summed E-state index contributed by atoms with van der Waals surface area (Å²) in [5.41, 5.74) is 1.59. The lowest BCUT2D eigenvalue weighted by atomic mass is 10.0. The summed E-state index contributed by atoms with van der Waals surface area (Å²) in [5.74, 6) is 1.48. The Labute approximate surface area is 113 Å². The van der Waals surface area contributed by atoms with Crippen LogP contribution in [0.25, 0.3) is 0 Å². The van der Waals surface area contributed by atoms with Crippen molar-refractivity contribution in [3.05, 3.63) is 28.3 Å². The smallest absolute Gasteiger partial charge is 0.169 e. The fraction of sp³-hybridized carbons (Fsp3) is 0.533. The number of hydrogen-bond donors (Lipinski definition) is 0. The van der Waals surface area contributed by atoms with Crippen molar-refractivity contribution in [2.24, 2.45) is 11.8 Å². The van der Waals surface area contributed by atoms with Crippen molar-refractivity contribution in [3.8, 4) is 5.75 Å². The van der Waals surface area contributed by atoms with Crippen molar-refractivity contribution in [3.63, 3.8) is 0 Å². The molecule has 0 bridgehead atoms. The molecular weight excluding hydrogens is 248 g/mol. The molecule has 0 unspecified atom stereocenters. The molecule has 1 aliphatic carbocycles. The van der Waals surface area contributed by atoms with Crippen molar-refractivity contribution in [2.75, 3.05) is 6.61 Å². The monoisotopic (exact) mass is 266 g/mol. The molecule has 0 atom stereocenters.